The maximum Gasteiger partial charge on any atom is 0.115 e. The van der Waals surface area contributed by atoms with Crippen LogP contribution in [-0.2, 0) is 0 Å². The molecule has 0 fully saturated rings. The highest BCUT2D eigenvalue weighted by Crippen LogP contribution is 2.18. The molecular formula is C9H12BrNO. The fraction of sp³-hybridized carbons (Fsp3) is 0.333. The summed E-state index contributed by atoms with van der Waals surface area (Å²) in [5, 5.41) is 8.98. The Labute approximate surface area is 80.9 Å². The summed E-state index contributed by atoms with van der Waals surface area (Å²) in [6, 6.07) is 7.89. The van der Waals surface area contributed by atoms with E-state index in [-0.39, 0.29) is 6.73 Å². The molecule has 0 aliphatic heterocycles. The van der Waals surface area contributed by atoms with Crippen molar-refractivity contribution in [2.75, 3.05) is 18.2 Å². The van der Waals surface area contributed by atoms with E-state index in [0.29, 0.717) is 0 Å². The first-order chi connectivity index (χ1) is 5.77. The molecule has 1 aromatic carbocycles. The Bertz CT molecular complexity index is 248. The Morgan fingerprint density at radius 1 is 1.50 bits per heavy atom. The first kappa shape index (κ1) is 9.55. The van der Waals surface area contributed by atoms with E-state index in [4.69, 9.17) is 5.11 Å². The number of benzene rings is 1. The highest BCUT2D eigenvalue weighted by Gasteiger charge is 2.00. The van der Waals surface area contributed by atoms with Crippen molar-refractivity contribution in [3.05, 3.63) is 28.7 Å². The van der Waals surface area contributed by atoms with E-state index in [9.17, 15) is 0 Å². The second-order valence-corrected chi connectivity index (χ2v) is 3.39. The zero-order valence-electron chi connectivity index (χ0n) is 7.00. The van der Waals surface area contributed by atoms with Gasteiger partial charge < -0.3 is 10.0 Å². The molecule has 0 aromatic heterocycles. The lowest BCUT2D eigenvalue weighted by molar-refractivity contribution is 0.293. The third-order valence-electron chi connectivity index (χ3n) is 1.73. The first-order valence-corrected chi connectivity index (χ1v) is 4.68. The highest BCUT2D eigenvalue weighted by atomic mass is 79.9. The average molecular weight is 230 g/mol. The number of hydrogen-bond donors (Lipinski definition) is 1. The third-order valence-corrected chi connectivity index (χ3v) is 2.22. The molecule has 0 heterocycles. The number of hydrogen-bond acceptors (Lipinski definition) is 2. The SMILES string of the molecule is CCN(CO)c1cccc(Br)c1. The molecular weight excluding hydrogens is 218 g/mol. The quantitative estimate of drug-likeness (QED) is 0.805. The standard InChI is InChI=1S/C9H12BrNO/c1-2-11(7-12)9-5-3-4-8(10)6-9/h3-6,12H,2,7H2,1H3. The van der Waals surface area contributed by atoms with E-state index in [0.717, 1.165) is 16.7 Å². The van der Waals surface area contributed by atoms with Crippen LogP contribution in [0.3, 0.4) is 0 Å². The molecule has 1 rings (SSSR count). The van der Waals surface area contributed by atoms with Crippen LogP contribution < -0.4 is 4.90 Å². The molecule has 66 valence electrons. The molecule has 0 bridgehead atoms. The predicted octanol–water partition coefficient (Wildman–Crippen LogP) is 2.23. The number of aliphatic hydroxyl groups is 1. The second-order valence-electron chi connectivity index (χ2n) is 2.48. The monoisotopic (exact) mass is 229 g/mol. The molecule has 12 heavy (non-hydrogen) atoms. The van der Waals surface area contributed by atoms with Crippen molar-refractivity contribution in [3.63, 3.8) is 0 Å². The van der Waals surface area contributed by atoms with Gasteiger partial charge in [0.1, 0.15) is 6.73 Å². The minimum Gasteiger partial charge on any atom is -0.376 e. The molecule has 0 saturated heterocycles. The third kappa shape index (κ3) is 2.22. The number of nitrogens with zero attached hydrogens (tertiary/aromatic N) is 1. The lowest BCUT2D eigenvalue weighted by atomic mass is 10.3. The van der Waals surface area contributed by atoms with Gasteiger partial charge in [0.15, 0.2) is 0 Å². The fourth-order valence-corrected chi connectivity index (χ4v) is 1.42. The molecule has 0 amide bonds. The Kier molecular flexibility index (Phi) is 3.56. The molecule has 0 atom stereocenters. The topological polar surface area (TPSA) is 23.5 Å². The Balaban J connectivity index is 2.85. The van der Waals surface area contributed by atoms with Crippen LogP contribution in [0.15, 0.2) is 28.7 Å². The van der Waals surface area contributed by atoms with E-state index in [1.54, 1.807) is 0 Å². The maximum atomic E-state index is 8.98. The zero-order valence-corrected chi connectivity index (χ0v) is 8.58. The normalized spacial score (nSPS) is 9.92. The lowest BCUT2D eigenvalue weighted by Gasteiger charge is -2.19. The smallest absolute Gasteiger partial charge is 0.115 e. The molecule has 2 nitrogen and oxygen atoms in total. The van der Waals surface area contributed by atoms with Crippen LogP contribution >= 0.6 is 15.9 Å². The molecule has 0 spiro atoms. The summed E-state index contributed by atoms with van der Waals surface area (Å²) in [7, 11) is 0. The molecule has 0 saturated carbocycles. The van der Waals surface area contributed by atoms with Gasteiger partial charge in [-0.2, -0.15) is 0 Å². The minimum absolute atomic E-state index is 0.0625. The van der Waals surface area contributed by atoms with Crippen molar-refractivity contribution in [1.29, 1.82) is 0 Å². The maximum absolute atomic E-state index is 8.98. The van der Waals surface area contributed by atoms with Crippen LogP contribution in [0.25, 0.3) is 0 Å². The Hall–Kier alpha value is -0.540. The molecule has 0 aliphatic carbocycles. The number of aliphatic hydroxyl groups excluding tert-OH is 1. The van der Waals surface area contributed by atoms with Gasteiger partial charge in [-0.05, 0) is 25.1 Å². The summed E-state index contributed by atoms with van der Waals surface area (Å²) < 4.78 is 1.03. The minimum atomic E-state index is 0.0625. The molecule has 1 aromatic rings. The zero-order chi connectivity index (χ0) is 8.97. The first-order valence-electron chi connectivity index (χ1n) is 3.89. The van der Waals surface area contributed by atoms with Crippen molar-refractivity contribution in [3.8, 4) is 0 Å². The van der Waals surface area contributed by atoms with E-state index < -0.39 is 0 Å². The van der Waals surface area contributed by atoms with Gasteiger partial charge in [0.2, 0.25) is 0 Å². The van der Waals surface area contributed by atoms with E-state index in [2.05, 4.69) is 15.9 Å². The lowest BCUT2D eigenvalue weighted by Crippen LogP contribution is -2.23. The fourth-order valence-electron chi connectivity index (χ4n) is 1.04. The van der Waals surface area contributed by atoms with E-state index in [1.165, 1.54) is 0 Å². The summed E-state index contributed by atoms with van der Waals surface area (Å²) in [6.07, 6.45) is 0. The van der Waals surface area contributed by atoms with Gasteiger partial charge >= 0.3 is 0 Å². The van der Waals surface area contributed by atoms with Crippen molar-refractivity contribution in [2.24, 2.45) is 0 Å². The molecule has 0 aliphatic rings. The van der Waals surface area contributed by atoms with Crippen LogP contribution in [0.1, 0.15) is 6.92 Å². The Morgan fingerprint density at radius 3 is 2.75 bits per heavy atom. The summed E-state index contributed by atoms with van der Waals surface area (Å²) in [4.78, 5) is 1.88. The molecule has 0 unspecified atom stereocenters. The Morgan fingerprint density at radius 2 is 2.25 bits per heavy atom. The van der Waals surface area contributed by atoms with Crippen molar-refractivity contribution >= 4 is 21.6 Å². The van der Waals surface area contributed by atoms with Crippen molar-refractivity contribution in [2.45, 2.75) is 6.92 Å². The summed E-state index contributed by atoms with van der Waals surface area (Å²) in [5.74, 6) is 0. The summed E-state index contributed by atoms with van der Waals surface area (Å²) in [6.45, 7) is 2.89. The van der Waals surface area contributed by atoms with Gasteiger partial charge in [-0.1, -0.05) is 22.0 Å². The second kappa shape index (κ2) is 4.48. The van der Waals surface area contributed by atoms with Crippen LogP contribution in [0.2, 0.25) is 0 Å². The van der Waals surface area contributed by atoms with Crippen LogP contribution in [-0.4, -0.2) is 18.4 Å². The number of rotatable bonds is 3. The van der Waals surface area contributed by atoms with Gasteiger partial charge in [0.25, 0.3) is 0 Å². The van der Waals surface area contributed by atoms with Crippen molar-refractivity contribution in [1.82, 2.24) is 0 Å². The van der Waals surface area contributed by atoms with Gasteiger partial charge in [-0.25, -0.2) is 0 Å². The largest absolute Gasteiger partial charge is 0.376 e. The van der Waals surface area contributed by atoms with Gasteiger partial charge in [-0.15, -0.1) is 0 Å². The highest BCUT2D eigenvalue weighted by molar-refractivity contribution is 9.10. The predicted molar refractivity (Wildman–Crippen MR) is 54.2 cm³/mol. The average Bonchev–Trinajstić information content (AvgIpc) is 2.07. The van der Waals surface area contributed by atoms with Gasteiger partial charge in [0.05, 0.1) is 0 Å². The summed E-state index contributed by atoms with van der Waals surface area (Å²) >= 11 is 3.38. The van der Waals surface area contributed by atoms with E-state index >= 15 is 0 Å². The van der Waals surface area contributed by atoms with Crippen LogP contribution in [0.5, 0.6) is 0 Å². The van der Waals surface area contributed by atoms with Gasteiger partial charge in [-0.3, -0.25) is 0 Å². The summed E-state index contributed by atoms with van der Waals surface area (Å²) in [5.41, 5.74) is 1.04. The van der Waals surface area contributed by atoms with Crippen LogP contribution in [0, 0.1) is 0 Å². The van der Waals surface area contributed by atoms with Crippen LogP contribution in [0.4, 0.5) is 5.69 Å². The van der Waals surface area contributed by atoms with Crippen molar-refractivity contribution < 1.29 is 5.11 Å². The van der Waals surface area contributed by atoms with Gasteiger partial charge in [0, 0.05) is 16.7 Å². The molecule has 0 radical (unpaired) electrons. The number of halogens is 1. The number of anilines is 1. The van der Waals surface area contributed by atoms with E-state index in [1.807, 2.05) is 36.1 Å². The molecule has 1 N–H and O–H groups in total. The molecule has 3 heteroatoms.